The third-order valence-electron chi connectivity index (χ3n) is 2.34. The van der Waals surface area contributed by atoms with E-state index in [9.17, 15) is 4.79 Å². The van der Waals surface area contributed by atoms with Crippen LogP contribution in [0.1, 0.15) is 16.3 Å². The molecule has 0 fully saturated rings. The van der Waals surface area contributed by atoms with E-state index in [-0.39, 0.29) is 5.69 Å². The lowest BCUT2D eigenvalue weighted by Crippen LogP contribution is -2.25. The molecule has 0 aliphatic rings. The third kappa shape index (κ3) is 2.25. The molecule has 0 amide bonds. The quantitative estimate of drug-likeness (QED) is 0.854. The molecule has 0 saturated carbocycles. The molecule has 3 nitrogen and oxygen atoms in total. The molecule has 2 rings (SSSR count). The lowest BCUT2D eigenvalue weighted by Gasteiger charge is -2.08. The van der Waals surface area contributed by atoms with Crippen LogP contribution in [0.15, 0.2) is 26.8 Å². The number of aryl methyl sites for hydroxylation is 2. The summed E-state index contributed by atoms with van der Waals surface area (Å²) in [5.41, 5.74) is 1.53. The molecule has 0 aromatic carbocycles. The van der Waals surface area contributed by atoms with E-state index >= 15 is 0 Å². The molecule has 0 N–H and O–H groups in total. The number of hydrogen-bond acceptors (Lipinski definition) is 3. The average molecular weight is 299 g/mol. The summed E-state index contributed by atoms with van der Waals surface area (Å²) in [6, 6.07) is 3.91. The molecule has 0 unspecified atom stereocenters. The largest absolute Gasteiger partial charge is 0.348 e. The molecule has 16 heavy (non-hydrogen) atoms. The van der Waals surface area contributed by atoms with E-state index in [0.29, 0.717) is 6.54 Å². The molecule has 0 saturated heterocycles. The number of aromatic nitrogens is 2. The summed E-state index contributed by atoms with van der Waals surface area (Å²) >= 11 is 5.09. The number of rotatable bonds is 2. The standard InChI is InChI=1S/C11H11BrN2OS/c1-7-5-8(2)14(11(15)13-7)6-10-9(12)3-4-16-10/h3-5H,6H2,1-2H3. The first-order chi connectivity index (χ1) is 7.58. The zero-order valence-corrected chi connectivity index (χ0v) is 11.4. The topological polar surface area (TPSA) is 34.9 Å². The Balaban J connectivity index is 2.43. The van der Waals surface area contributed by atoms with E-state index in [2.05, 4.69) is 20.9 Å². The molecule has 0 aliphatic carbocycles. The van der Waals surface area contributed by atoms with Gasteiger partial charge in [-0.2, -0.15) is 4.98 Å². The van der Waals surface area contributed by atoms with Gasteiger partial charge >= 0.3 is 5.69 Å². The van der Waals surface area contributed by atoms with Crippen molar-refractivity contribution < 1.29 is 0 Å². The van der Waals surface area contributed by atoms with E-state index in [4.69, 9.17) is 0 Å². The first kappa shape index (κ1) is 11.5. The molecule has 2 heterocycles. The Morgan fingerprint density at radius 1 is 1.50 bits per heavy atom. The summed E-state index contributed by atoms with van der Waals surface area (Å²) in [6.07, 6.45) is 0. The molecular formula is C11H11BrN2OS. The Bertz CT molecular complexity index is 574. The van der Waals surface area contributed by atoms with Gasteiger partial charge in [0, 0.05) is 20.7 Å². The highest BCUT2D eigenvalue weighted by molar-refractivity contribution is 9.10. The Morgan fingerprint density at radius 2 is 2.25 bits per heavy atom. The van der Waals surface area contributed by atoms with Crippen molar-refractivity contribution in [2.75, 3.05) is 0 Å². The van der Waals surface area contributed by atoms with Crippen LogP contribution in [0.5, 0.6) is 0 Å². The van der Waals surface area contributed by atoms with Crippen molar-refractivity contribution in [3.05, 3.63) is 48.7 Å². The van der Waals surface area contributed by atoms with Gasteiger partial charge in [-0.3, -0.25) is 4.57 Å². The first-order valence-corrected chi connectivity index (χ1v) is 6.52. The van der Waals surface area contributed by atoms with Crippen molar-refractivity contribution in [1.82, 2.24) is 9.55 Å². The zero-order chi connectivity index (χ0) is 11.7. The fourth-order valence-electron chi connectivity index (χ4n) is 1.55. The number of nitrogens with zero attached hydrogens (tertiary/aromatic N) is 2. The van der Waals surface area contributed by atoms with Gasteiger partial charge in [-0.15, -0.1) is 11.3 Å². The van der Waals surface area contributed by atoms with Crippen LogP contribution in [0.3, 0.4) is 0 Å². The Morgan fingerprint density at radius 3 is 2.81 bits per heavy atom. The maximum atomic E-state index is 11.7. The molecule has 0 aliphatic heterocycles. The van der Waals surface area contributed by atoms with Gasteiger partial charge in [0.15, 0.2) is 0 Å². The average Bonchev–Trinajstić information content (AvgIpc) is 2.57. The molecule has 2 aromatic heterocycles. The van der Waals surface area contributed by atoms with E-state index in [1.165, 1.54) is 0 Å². The van der Waals surface area contributed by atoms with Crippen molar-refractivity contribution in [3.8, 4) is 0 Å². The van der Waals surface area contributed by atoms with Crippen molar-refractivity contribution in [2.24, 2.45) is 0 Å². The van der Waals surface area contributed by atoms with E-state index in [1.54, 1.807) is 15.9 Å². The van der Waals surface area contributed by atoms with Crippen molar-refractivity contribution in [1.29, 1.82) is 0 Å². The summed E-state index contributed by atoms with van der Waals surface area (Å²) in [7, 11) is 0. The Labute approximate surface area is 106 Å². The van der Waals surface area contributed by atoms with Crippen LogP contribution >= 0.6 is 27.3 Å². The highest BCUT2D eigenvalue weighted by Crippen LogP contribution is 2.23. The lowest BCUT2D eigenvalue weighted by molar-refractivity contribution is 0.700. The van der Waals surface area contributed by atoms with Gasteiger partial charge < -0.3 is 0 Å². The predicted octanol–water partition coefficient (Wildman–Crippen LogP) is 2.73. The van der Waals surface area contributed by atoms with Gasteiger partial charge in [-0.25, -0.2) is 4.79 Å². The third-order valence-corrected chi connectivity index (χ3v) is 4.25. The van der Waals surface area contributed by atoms with Gasteiger partial charge in [-0.1, -0.05) is 0 Å². The van der Waals surface area contributed by atoms with E-state index < -0.39 is 0 Å². The SMILES string of the molecule is Cc1cc(C)n(Cc2sccc2Br)c(=O)n1. The molecule has 0 spiro atoms. The fraction of sp³-hybridized carbons (Fsp3) is 0.273. The number of hydrogen-bond donors (Lipinski definition) is 0. The van der Waals surface area contributed by atoms with Crippen LogP contribution < -0.4 is 5.69 Å². The molecule has 84 valence electrons. The smallest absolute Gasteiger partial charge is 0.291 e. The van der Waals surface area contributed by atoms with Crippen LogP contribution in [-0.2, 0) is 6.54 Å². The van der Waals surface area contributed by atoms with Crippen LogP contribution in [-0.4, -0.2) is 9.55 Å². The monoisotopic (exact) mass is 298 g/mol. The summed E-state index contributed by atoms with van der Waals surface area (Å²) < 4.78 is 2.73. The Hall–Kier alpha value is -0.940. The normalized spacial score (nSPS) is 10.7. The number of halogens is 1. The van der Waals surface area contributed by atoms with Gasteiger partial charge in [-0.05, 0) is 47.3 Å². The summed E-state index contributed by atoms with van der Waals surface area (Å²) in [4.78, 5) is 16.8. The molecule has 5 heteroatoms. The van der Waals surface area contributed by atoms with Crippen LogP contribution in [0.2, 0.25) is 0 Å². The minimum Gasteiger partial charge on any atom is -0.291 e. The molecule has 0 radical (unpaired) electrons. The van der Waals surface area contributed by atoms with Gasteiger partial charge in [0.1, 0.15) is 0 Å². The minimum absolute atomic E-state index is 0.183. The maximum absolute atomic E-state index is 11.7. The summed E-state index contributed by atoms with van der Waals surface area (Å²) in [5, 5.41) is 2.00. The van der Waals surface area contributed by atoms with Crippen LogP contribution in [0.25, 0.3) is 0 Å². The maximum Gasteiger partial charge on any atom is 0.348 e. The molecule has 2 aromatic rings. The second kappa shape index (κ2) is 4.51. The second-order valence-electron chi connectivity index (χ2n) is 3.60. The van der Waals surface area contributed by atoms with Crippen LogP contribution in [0, 0.1) is 13.8 Å². The summed E-state index contributed by atoms with van der Waals surface area (Å²) in [6.45, 7) is 4.34. The second-order valence-corrected chi connectivity index (χ2v) is 5.45. The fourth-order valence-corrected chi connectivity index (χ4v) is 3.01. The highest BCUT2D eigenvalue weighted by atomic mass is 79.9. The van der Waals surface area contributed by atoms with Gasteiger partial charge in [0.25, 0.3) is 0 Å². The number of thiophene rings is 1. The molecular weight excluding hydrogens is 288 g/mol. The van der Waals surface area contributed by atoms with Gasteiger partial charge in [0.05, 0.1) is 6.54 Å². The van der Waals surface area contributed by atoms with Gasteiger partial charge in [0.2, 0.25) is 0 Å². The molecule has 0 bridgehead atoms. The van der Waals surface area contributed by atoms with E-state index in [1.807, 2.05) is 31.4 Å². The zero-order valence-electron chi connectivity index (χ0n) is 9.03. The van der Waals surface area contributed by atoms with Crippen molar-refractivity contribution >= 4 is 27.3 Å². The van der Waals surface area contributed by atoms with Crippen molar-refractivity contribution in [2.45, 2.75) is 20.4 Å². The lowest BCUT2D eigenvalue weighted by atomic mass is 10.3. The summed E-state index contributed by atoms with van der Waals surface area (Å²) in [5.74, 6) is 0. The van der Waals surface area contributed by atoms with Crippen LogP contribution in [0.4, 0.5) is 0 Å². The predicted molar refractivity (Wildman–Crippen MR) is 69.1 cm³/mol. The highest BCUT2D eigenvalue weighted by Gasteiger charge is 2.07. The Kier molecular flexibility index (Phi) is 3.25. The van der Waals surface area contributed by atoms with Crippen molar-refractivity contribution in [3.63, 3.8) is 0 Å². The van der Waals surface area contributed by atoms with E-state index in [0.717, 1.165) is 20.7 Å². The molecule has 0 atom stereocenters. The minimum atomic E-state index is -0.183. The first-order valence-electron chi connectivity index (χ1n) is 4.85.